The number of anilines is 2. The first-order chi connectivity index (χ1) is 16.6. The van der Waals surface area contributed by atoms with Crippen molar-refractivity contribution in [1.29, 1.82) is 0 Å². The number of nitrogens with zero attached hydrogens (tertiary/aromatic N) is 3. The quantitative estimate of drug-likeness (QED) is 0.313. The Morgan fingerprint density at radius 2 is 1.82 bits per heavy atom. The number of amides is 1. The van der Waals surface area contributed by atoms with Crippen LogP contribution in [0.1, 0.15) is 15.9 Å². The number of fused-ring (bicyclic) bond motifs is 1. The van der Waals surface area contributed by atoms with Gasteiger partial charge in [-0.15, -0.1) is 0 Å². The Morgan fingerprint density at radius 3 is 2.59 bits per heavy atom. The van der Waals surface area contributed by atoms with Gasteiger partial charge in [-0.05, 0) is 48.0 Å². The number of imidazole rings is 1. The highest BCUT2D eigenvalue weighted by atomic mass is 16.3. The normalized spacial score (nSPS) is 10.8. The SMILES string of the molecule is O=C(NCc1ccc(O)cc1)c1ccc(Nc2ncc(-c3cc[nH]c(=O)c3)n3ccnc23)cc1. The predicted molar refractivity (Wildman–Crippen MR) is 128 cm³/mol. The van der Waals surface area contributed by atoms with Crippen LogP contribution in [0.2, 0.25) is 0 Å². The molecule has 2 aromatic carbocycles. The van der Waals surface area contributed by atoms with E-state index >= 15 is 0 Å². The monoisotopic (exact) mass is 452 g/mol. The topological polar surface area (TPSA) is 124 Å². The van der Waals surface area contributed by atoms with Gasteiger partial charge in [0, 0.05) is 48.0 Å². The molecule has 0 saturated carbocycles. The molecule has 3 heterocycles. The summed E-state index contributed by atoms with van der Waals surface area (Å²) < 4.78 is 1.86. The Kier molecular flexibility index (Phi) is 5.49. The Hall–Kier alpha value is -4.92. The van der Waals surface area contributed by atoms with Crippen molar-refractivity contribution in [3.63, 3.8) is 0 Å². The van der Waals surface area contributed by atoms with Gasteiger partial charge in [0.1, 0.15) is 5.75 Å². The van der Waals surface area contributed by atoms with Gasteiger partial charge in [0.2, 0.25) is 5.56 Å². The number of rotatable bonds is 6. The Morgan fingerprint density at radius 1 is 1.03 bits per heavy atom. The lowest BCUT2D eigenvalue weighted by Crippen LogP contribution is -2.22. The van der Waals surface area contributed by atoms with E-state index in [2.05, 4.69) is 25.6 Å². The molecule has 0 atom stereocenters. The number of nitrogens with one attached hydrogen (secondary N) is 3. The van der Waals surface area contributed by atoms with E-state index in [9.17, 15) is 14.7 Å². The number of hydrogen-bond donors (Lipinski definition) is 4. The summed E-state index contributed by atoms with van der Waals surface area (Å²) in [5.74, 6) is 0.531. The van der Waals surface area contributed by atoms with E-state index in [4.69, 9.17) is 0 Å². The lowest BCUT2D eigenvalue weighted by Gasteiger charge is -2.11. The van der Waals surface area contributed by atoms with Crippen LogP contribution < -0.4 is 16.2 Å². The van der Waals surface area contributed by atoms with Gasteiger partial charge in [0.05, 0.1) is 11.9 Å². The molecular formula is C25H20N6O3. The molecule has 5 rings (SSSR count). The van der Waals surface area contributed by atoms with Crippen LogP contribution in [0.5, 0.6) is 5.75 Å². The molecular weight excluding hydrogens is 432 g/mol. The maximum atomic E-state index is 12.5. The van der Waals surface area contributed by atoms with Crippen molar-refractivity contribution in [1.82, 2.24) is 24.7 Å². The Labute approximate surface area is 193 Å². The molecule has 3 aromatic heterocycles. The van der Waals surface area contributed by atoms with Crippen LogP contribution in [0.3, 0.4) is 0 Å². The molecule has 9 nitrogen and oxygen atoms in total. The van der Waals surface area contributed by atoms with E-state index in [1.807, 2.05) is 4.40 Å². The smallest absolute Gasteiger partial charge is 0.251 e. The summed E-state index contributed by atoms with van der Waals surface area (Å²) in [6, 6.07) is 17.0. The van der Waals surface area contributed by atoms with Gasteiger partial charge in [-0.3, -0.25) is 14.0 Å². The number of phenols is 1. The summed E-state index contributed by atoms with van der Waals surface area (Å²) in [5, 5.41) is 15.4. The molecule has 0 radical (unpaired) electrons. The highest BCUT2D eigenvalue weighted by molar-refractivity contribution is 5.94. The number of aromatic hydroxyl groups is 1. The molecule has 0 spiro atoms. The van der Waals surface area contributed by atoms with E-state index in [1.54, 1.807) is 79.4 Å². The molecule has 0 aliphatic rings. The van der Waals surface area contributed by atoms with Gasteiger partial charge < -0.3 is 20.7 Å². The van der Waals surface area contributed by atoms with E-state index in [0.717, 1.165) is 22.5 Å². The van der Waals surface area contributed by atoms with Crippen LogP contribution in [-0.2, 0) is 6.54 Å². The van der Waals surface area contributed by atoms with Crippen molar-refractivity contribution in [2.45, 2.75) is 6.54 Å². The number of carbonyl (C=O) groups is 1. The molecule has 0 saturated heterocycles. The van der Waals surface area contributed by atoms with Crippen molar-refractivity contribution >= 4 is 23.1 Å². The highest BCUT2D eigenvalue weighted by Gasteiger charge is 2.12. The fourth-order valence-corrected chi connectivity index (χ4v) is 3.56. The summed E-state index contributed by atoms with van der Waals surface area (Å²) in [5.41, 5.74) is 4.04. The van der Waals surface area contributed by atoms with Crippen molar-refractivity contribution in [2.24, 2.45) is 0 Å². The van der Waals surface area contributed by atoms with E-state index in [0.29, 0.717) is 23.6 Å². The second kappa shape index (κ2) is 8.91. The van der Waals surface area contributed by atoms with Gasteiger partial charge in [0.25, 0.3) is 5.91 Å². The number of aromatic amines is 1. The second-order valence-electron chi connectivity index (χ2n) is 7.61. The number of H-pyrrole nitrogens is 1. The van der Waals surface area contributed by atoms with Crippen LogP contribution >= 0.6 is 0 Å². The molecule has 5 aromatic rings. The molecule has 0 bridgehead atoms. The molecule has 1 amide bonds. The first-order valence-electron chi connectivity index (χ1n) is 10.5. The number of hydrogen-bond acceptors (Lipinski definition) is 6. The number of pyridine rings is 1. The Bertz CT molecular complexity index is 1520. The molecule has 0 aliphatic heterocycles. The molecule has 168 valence electrons. The van der Waals surface area contributed by atoms with E-state index in [1.165, 1.54) is 6.07 Å². The number of phenolic OH excluding ortho intramolecular Hbond substituents is 1. The van der Waals surface area contributed by atoms with Gasteiger partial charge in [0.15, 0.2) is 11.5 Å². The van der Waals surface area contributed by atoms with Crippen molar-refractivity contribution in [3.8, 4) is 17.0 Å². The zero-order valence-corrected chi connectivity index (χ0v) is 17.9. The van der Waals surface area contributed by atoms with Crippen LogP contribution in [-0.4, -0.2) is 30.4 Å². The van der Waals surface area contributed by atoms with Crippen molar-refractivity contribution in [3.05, 3.63) is 107 Å². The van der Waals surface area contributed by atoms with E-state index in [-0.39, 0.29) is 17.2 Å². The molecule has 0 aliphatic carbocycles. The lowest BCUT2D eigenvalue weighted by molar-refractivity contribution is 0.0951. The molecule has 34 heavy (non-hydrogen) atoms. The Balaban J connectivity index is 1.31. The highest BCUT2D eigenvalue weighted by Crippen LogP contribution is 2.24. The molecule has 0 fully saturated rings. The minimum Gasteiger partial charge on any atom is -0.508 e. The van der Waals surface area contributed by atoms with E-state index < -0.39 is 0 Å². The van der Waals surface area contributed by atoms with Gasteiger partial charge in [-0.25, -0.2) is 9.97 Å². The number of carbonyl (C=O) groups excluding carboxylic acids is 1. The number of benzene rings is 2. The summed E-state index contributed by atoms with van der Waals surface area (Å²) in [6.45, 7) is 0.362. The summed E-state index contributed by atoms with van der Waals surface area (Å²) in [4.78, 5) is 35.7. The minimum atomic E-state index is -0.199. The molecule has 4 N–H and O–H groups in total. The van der Waals surface area contributed by atoms with Crippen LogP contribution in [0.25, 0.3) is 16.9 Å². The van der Waals surface area contributed by atoms with Gasteiger partial charge in [-0.2, -0.15) is 0 Å². The van der Waals surface area contributed by atoms with Crippen LogP contribution in [0, 0.1) is 0 Å². The second-order valence-corrected chi connectivity index (χ2v) is 7.61. The first kappa shape index (κ1) is 21.0. The summed E-state index contributed by atoms with van der Waals surface area (Å²) in [6.07, 6.45) is 6.74. The average molecular weight is 452 g/mol. The third kappa shape index (κ3) is 4.35. The van der Waals surface area contributed by atoms with Gasteiger partial charge in [-0.1, -0.05) is 12.1 Å². The zero-order chi connectivity index (χ0) is 23.5. The molecule has 0 unspecified atom stereocenters. The van der Waals surface area contributed by atoms with Crippen LogP contribution in [0.15, 0.2) is 90.2 Å². The number of aromatic nitrogens is 4. The van der Waals surface area contributed by atoms with Crippen molar-refractivity contribution < 1.29 is 9.90 Å². The largest absolute Gasteiger partial charge is 0.508 e. The van der Waals surface area contributed by atoms with Crippen molar-refractivity contribution in [2.75, 3.05) is 5.32 Å². The zero-order valence-electron chi connectivity index (χ0n) is 17.9. The summed E-state index contributed by atoms with van der Waals surface area (Å²) >= 11 is 0. The molecule has 9 heteroatoms. The average Bonchev–Trinajstić information content (AvgIpc) is 3.35. The first-order valence-corrected chi connectivity index (χ1v) is 10.5. The third-order valence-corrected chi connectivity index (χ3v) is 5.30. The fraction of sp³-hybridized carbons (Fsp3) is 0.0400. The van der Waals surface area contributed by atoms with Gasteiger partial charge >= 0.3 is 0 Å². The standard InChI is InChI=1S/C25H20N6O3/c32-20-7-1-16(2-8-20)14-29-25(34)17-3-5-19(6-4-17)30-23-24-27-11-12-31(24)21(15-28-23)18-9-10-26-22(33)13-18/h1-13,15,32H,14H2,(H,26,33)(H,28,30)(H,29,34). The third-order valence-electron chi connectivity index (χ3n) is 5.30. The lowest BCUT2D eigenvalue weighted by atomic mass is 10.1. The van der Waals surface area contributed by atoms with Crippen LogP contribution in [0.4, 0.5) is 11.5 Å². The predicted octanol–water partition coefficient (Wildman–Crippen LogP) is 3.46. The summed E-state index contributed by atoms with van der Waals surface area (Å²) in [7, 11) is 0. The maximum Gasteiger partial charge on any atom is 0.251 e. The maximum absolute atomic E-state index is 12.5. The minimum absolute atomic E-state index is 0.185. The fourth-order valence-electron chi connectivity index (χ4n) is 3.56.